The van der Waals surface area contributed by atoms with Crippen LogP contribution in [0.15, 0.2) is 83.5 Å². The molecule has 6 nitrogen and oxygen atoms in total. The van der Waals surface area contributed by atoms with Gasteiger partial charge in [0.1, 0.15) is 17.3 Å². The molecule has 1 aromatic heterocycles. The maximum atomic E-state index is 11.8. The van der Waals surface area contributed by atoms with Gasteiger partial charge in [-0.25, -0.2) is 4.79 Å². The number of hydrogen-bond acceptors (Lipinski definition) is 5. The fraction of sp³-hybridized carbons (Fsp3) is 0.0833. The highest BCUT2D eigenvalue weighted by atomic mass is 16.5. The lowest BCUT2D eigenvalue weighted by atomic mass is 10.0. The van der Waals surface area contributed by atoms with Crippen LogP contribution in [0.5, 0.6) is 11.5 Å². The summed E-state index contributed by atoms with van der Waals surface area (Å²) in [6.45, 7) is 0. The number of fused-ring (bicyclic) bond motifs is 1. The molecule has 1 N–H and O–H groups in total. The molecule has 0 saturated heterocycles. The Balaban J connectivity index is 0.000000318. The highest BCUT2D eigenvalue weighted by molar-refractivity contribution is 6.01. The van der Waals surface area contributed by atoms with E-state index in [1.54, 1.807) is 0 Å². The van der Waals surface area contributed by atoms with Gasteiger partial charge in [-0.1, -0.05) is 30.4 Å². The number of ketones is 1. The molecule has 1 aliphatic carbocycles. The Morgan fingerprint density at radius 3 is 2.37 bits per heavy atom. The van der Waals surface area contributed by atoms with Crippen LogP contribution in [0.2, 0.25) is 0 Å². The summed E-state index contributed by atoms with van der Waals surface area (Å²) in [6.07, 6.45) is 6.21. The number of carboxylic acids is 1. The third-order valence-electron chi connectivity index (χ3n) is 4.08. The Labute approximate surface area is 173 Å². The largest absolute Gasteiger partial charge is 0.504 e. The highest BCUT2D eigenvalue weighted by Gasteiger charge is 2.19. The van der Waals surface area contributed by atoms with Gasteiger partial charge in [-0.2, -0.15) is 0 Å². The first kappa shape index (κ1) is 20.7. The highest BCUT2D eigenvalue weighted by Crippen LogP contribution is 2.31. The van der Waals surface area contributed by atoms with Gasteiger partial charge in [0.2, 0.25) is 5.78 Å². The summed E-state index contributed by atoms with van der Waals surface area (Å²) in [4.78, 5) is 21.4. The monoisotopic (exact) mass is 404 g/mol. The standard InChI is InChI=1S/C20H14O3.C4H6O3/c21-18-8-4-5-15-13-19(23-20(15)18)14-9-11-17(12-10-14)22-16-6-2-1-3-7-16;1-7-3-2-4(5)6/h1-7,9-13H,8H2;2-3H,1H3,(H,5,6)/b;3-2+. The van der Waals surface area contributed by atoms with Crippen LogP contribution in [0.3, 0.4) is 0 Å². The van der Waals surface area contributed by atoms with Crippen molar-refractivity contribution in [3.63, 3.8) is 0 Å². The molecular weight excluding hydrogens is 384 g/mol. The molecule has 152 valence electrons. The van der Waals surface area contributed by atoms with Crippen LogP contribution in [0.1, 0.15) is 22.5 Å². The average molecular weight is 404 g/mol. The number of aliphatic carboxylic acids is 1. The molecule has 0 aliphatic heterocycles. The lowest BCUT2D eigenvalue weighted by Crippen LogP contribution is -2.00. The molecule has 0 fully saturated rings. The van der Waals surface area contributed by atoms with Crippen LogP contribution < -0.4 is 4.74 Å². The topological polar surface area (TPSA) is 86.0 Å². The number of furan rings is 1. The molecule has 0 atom stereocenters. The lowest BCUT2D eigenvalue weighted by molar-refractivity contribution is -0.131. The van der Waals surface area contributed by atoms with E-state index < -0.39 is 5.97 Å². The maximum Gasteiger partial charge on any atom is 0.331 e. The van der Waals surface area contributed by atoms with E-state index in [-0.39, 0.29) is 5.78 Å². The van der Waals surface area contributed by atoms with Gasteiger partial charge in [-0.3, -0.25) is 4.79 Å². The quantitative estimate of drug-likeness (QED) is 0.442. The zero-order chi connectivity index (χ0) is 21.3. The molecule has 2 aromatic carbocycles. The predicted molar refractivity (Wildman–Crippen MR) is 112 cm³/mol. The number of ether oxygens (including phenoxy) is 2. The van der Waals surface area contributed by atoms with Crippen molar-refractivity contribution in [2.45, 2.75) is 6.42 Å². The van der Waals surface area contributed by atoms with Crippen LogP contribution in [-0.2, 0) is 9.53 Å². The van der Waals surface area contributed by atoms with Gasteiger partial charge < -0.3 is 19.0 Å². The Morgan fingerprint density at radius 2 is 1.77 bits per heavy atom. The maximum absolute atomic E-state index is 11.8. The molecule has 0 radical (unpaired) electrons. The molecule has 1 heterocycles. The van der Waals surface area contributed by atoms with Crippen molar-refractivity contribution in [3.05, 3.63) is 90.4 Å². The molecule has 0 amide bonds. The predicted octanol–water partition coefficient (Wildman–Crippen LogP) is 5.57. The molecule has 6 heteroatoms. The van der Waals surface area contributed by atoms with Gasteiger partial charge >= 0.3 is 5.97 Å². The summed E-state index contributed by atoms with van der Waals surface area (Å²) in [6, 6.07) is 19.2. The average Bonchev–Trinajstić information content (AvgIpc) is 3.20. The Kier molecular flexibility index (Phi) is 6.84. The van der Waals surface area contributed by atoms with Crippen LogP contribution >= 0.6 is 0 Å². The SMILES string of the molecule is CO/C=C/C(=O)O.O=C1CC=Cc2cc(-c3ccc(Oc4ccccc4)cc3)oc21. The second-order valence-corrected chi connectivity index (χ2v) is 6.24. The number of rotatable bonds is 5. The van der Waals surface area contributed by atoms with Crippen molar-refractivity contribution < 1.29 is 28.6 Å². The molecular formula is C24H20O6. The van der Waals surface area contributed by atoms with Crippen molar-refractivity contribution in [1.29, 1.82) is 0 Å². The molecule has 3 aromatic rings. The van der Waals surface area contributed by atoms with Crippen molar-refractivity contribution in [2.24, 2.45) is 0 Å². The van der Waals surface area contributed by atoms with Gasteiger partial charge in [-0.15, -0.1) is 0 Å². The minimum atomic E-state index is -0.998. The first-order chi connectivity index (χ1) is 14.6. The smallest absolute Gasteiger partial charge is 0.331 e. The van der Waals surface area contributed by atoms with Gasteiger partial charge in [0.05, 0.1) is 19.4 Å². The number of carbonyl (C=O) groups excluding carboxylic acids is 1. The number of para-hydroxylation sites is 1. The summed E-state index contributed by atoms with van der Waals surface area (Å²) in [5.74, 6) is 1.73. The number of hydrogen-bond donors (Lipinski definition) is 1. The molecule has 30 heavy (non-hydrogen) atoms. The van der Waals surface area contributed by atoms with Crippen molar-refractivity contribution in [3.8, 4) is 22.8 Å². The van der Waals surface area contributed by atoms with E-state index in [0.717, 1.165) is 35.0 Å². The van der Waals surface area contributed by atoms with E-state index >= 15 is 0 Å². The number of carbonyl (C=O) groups is 2. The Morgan fingerprint density at radius 1 is 1.07 bits per heavy atom. The fourth-order valence-electron chi connectivity index (χ4n) is 2.71. The first-order valence-corrected chi connectivity index (χ1v) is 9.16. The number of allylic oxidation sites excluding steroid dienone is 1. The molecule has 0 spiro atoms. The van der Waals surface area contributed by atoms with Gasteiger partial charge in [0.25, 0.3) is 0 Å². The normalized spacial score (nSPS) is 12.1. The van der Waals surface area contributed by atoms with E-state index in [9.17, 15) is 9.59 Å². The minimum Gasteiger partial charge on any atom is -0.504 e. The van der Waals surface area contributed by atoms with Crippen molar-refractivity contribution in [2.75, 3.05) is 7.11 Å². The van der Waals surface area contributed by atoms with Crippen molar-refractivity contribution in [1.82, 2.24) is 0 Å². The van der Waals surface area contributed by atoms with Crippen LogP contribution in [0.25, 0.3) is 17.4 Å². The zero-order valence-electron chi connectivity index (χ0n) is 16.3. The molecule has 0 bridgehead atoms. The van der Waals surface area contributed by atoms with Crippen LogP contribution in [0.4, 0.5) is 0 Å². The summed E-state index contributed by atoms with van der Waals surface area (Å²) in [5, 5.41) is 7.88. The Hall–Kier alpha value is -4.06. The number of Topliss-reactive ketones (excluding diaryl/α,β-unsaturated/α-hetero) is 1. The fourth-order valence-corrected chi connectivity index (χ4v) is 2.71. The van der Waals surface area contributed by atoms with E-state index in [2.05, 4.69) is 4.74 Å². The number of benzene rings is 2. The second kappa shape index (κ2) is 9.93. The third kappa shape index (κ3) is 5.48. The summed E-state index contributed by atoms with van der Waals surface area (Å²) in [5.41, 5.74) is 1.77. The lowest BCUT2D eigenvalue weighted by Gasteiger charge is -2.05. The van der Waals surface area contributed by atoms with Crippen molar-refractivity contribution >= 4 is 17.8 Å². The molecule has 1 aliphatic rings. The zero-order valence-corrected chi connectivity index (χ0v) is 16.3. The molecule has 0 saturated carbocycles. The van der Waals surface area contributed by atoms with Gasteiger partial charge in [-0.05, 0) is 42.5 Å². The van der Waals surface area contributed by atoms with Crippen LogP contribution in [-0.4, -0.2) is 24.0 Å². The second-order valence-electron chi connectivity index (χ2n) is 6.24. The Bertz CT molecular complexity index is 1060. The molecule has 0 unspecified atom stereocenters. The third-order valence-corrected chi connectivity index (χ3v) is 4.08. The number of carboxylic acid groups (broad SMARTS) is 1. The van der Waals surface area contributed by atoms with Gasteiger partial charge in [0.15, 0.2) is 5.76 Å². The van der Waals surface area contributed by atoms with E-state index in [1.807, 2.05) is 72.8 Å². The molecule has 4 rings (SSSR count). The van der Waals surface area contributed by atoms with Crippen LogP contribution in [0, 0.1) is 0 Å². The summed E-state index contributed by atoms with van der Waals surface area (Å²) >= 11 is 0. The minimum absolute atomic E-state index is 0.0257. The van der Waals surface area contributed by atoms with E-state index in [4.69, 9.17) is 14.3 Å². The van der Waals surface area contributed by atoms with Gasteiger partial charge in [0, 0.05) is 17.5 Å². The number of methoxy groups -OCH3 is 1. The van der Waals surface area contributed by atoms with E-state index in [0.29, 0.717) is 17.9 Å². The van der Waals surface area contributed by atoms with E-state index in [1.165, 1.54) is 7.11 Å². The summed E-state index contributed by atoms with van der Waals surface area (Å²) < 4.78 is 15.8. The first-order valence-electron chi connectivity index (χ1n) is 9.16. The summed E-state index contributed by atoms with van der Waals surface area (Å²) in [7, 11) is 1.39.